The Balaban J connectivity index is 2.41. The molecule has 0 atom stereocenters. The molecule has 1 fully saturated rings. The summed E-state index contributed by atoms with van der Waals surface area (Å²) in [6.45, 7) is 2.61. The summed E-state index contributed by atoms with van der Waals surface area (Å²) in [4.78, 5) is 12.6. The standard InChI is InChI=1S/C14H18ClNO2/c1-9-6-10(15)7-11(12(9)18-3)13(17)14(4-5-14)8-16-2/h6-7,16H,4-5,8H2,1-3H3. The molecule has 1 N–H and O–H groups in total. The Hall–Kier alpha value is -1.06. The summed E-state index contributed by atoms with van der Waals surface area (Å²) in [5, 5.41) is 3.67. The van der Waals surface area contributed by atoms with Gasteiger partial charge in [0, 0.05) is 17.0 Å². The zero-order valence-electron chi connectivity index (χ0n) is 11.0. The Morgan fingerprint density at radius 1 is 1.50 bits per heavy atom. The van der Waals surface area contributed by atoms with Crippen LogP contribution in [0.1, 0.15) is 28.8 Å². The van der Waals surface area contributed by atoms with Crippen molar-refractivity contribution in [2.45, 2.75) is 19.8 Å². The molecule has 0 heterocycles. The highest BCUT2D eigenvalue weighted by atomic mass is 35.5. The Kier molecular flexibility index (Phi) is 3.64. The van der Waals surface area contributed by atoms with Gasteiger partial charge in [-0.1, -0.05) is 11.6 Å². The van der Waals surface area contributed by atoms with Crippen molar-refractivity contribution in [1.29, 1.82) is 0 Å². The number of carbonyl (C=O) groups excluding carboxylic acids is 1. The van der Waals surface area contributed by atoms with E-state index >= 15 is 0 Å². The van der Waals surface area contributed by atoms with Gasteiger partial charge < -0.3 is 10.1 Å². The van der Waals surface area contributed by atoms with Crippen molar-refractivity contribution in [3.8, 4) is 5.75 Å². The average Bonchev–Trinajstić information content (AvgIpc) is 3.08. The molecule has 0 radical (unpaired) electrons. The number of hydrogen-bond donors (Lipinski definition) is 1. The van der Waals surface area contributed by atoms with Gasteiger partial charge in [0.1, 0.15) is 5.75 Å². The number of aryl methyl sites for hydroxylation is 1. The number of hydrogen-bond acceptors (Lipinski definition) is 3. The summed E-state index contributed by atoms with van der Waals surface area (Å²) >= 11 is 6.05. The molecule has 18 heavy (non-hydrogen) atoms. The largest absolute Gasteiger partial charge is 0.496 e. The van der Waals surface area contributed by atoms with Crippen LogP contribution in [0.25, 0.3) is 0 Å². The van der Waals surface area contributed by atoms with Gasteiger partial charge in [-0.2, -0.15) is 0 Å². The average molecular weight is 268 g/mol. The van der Waals surface area contributed by atoms with Crippen molar-refractivity contribution >= 4 is 17.4 Å². The molecular formula is C14H18ClNO2. The van der Waals surface area contributed by atoms with Crippen molar-refractivity contribution in [3.05, 3.63) is 28.3 Å². The molecule has 0 bridgehead atoms. The van der Waals surface area contributed by atoms with Gasteiger partial charge in [-0.3, -0.25) is 4.79 Å². The summed E-state index contributed by atoms with van der Waals surface area (Å²) in [5.41, 5.74) is 1.25. The van der Waals surface area contributed by atoms with Gasteiger partial charge in [-0.25, -0.2) is 0 Å². The van der Waals surface area contributed by atoms with Crippen LogP contribution in [0.15, 0.2) is 12.1 Å². The lowest BCUT2D eigenvalue weighted by molar-refractivity contribution is 0.0897. The second-order valence-corrected chi connectivity index (χ2v) is 5.38. The normalized spacial score (nSPS) is 16.4. The topological polar surface area (TPSA) is 38.3 Å². The molecule has 4 heteroatoms. The van der Waals surface area contributed by atoms with Crippen molar-refractivity contribution in [1.82, 2.24) is 5.32 Å². The fourth-order valence-corrected chi connectivity index (χ4v) is 2.70. The number of Topliss-reactive ketones (excluding diaryl/α,β-unsaturated/α-hetero) is 1. The van der Waals surface area contributed by atoms with E-state index in [2.05, 4.69) is 5.32 Å². The van der Waals surface area contributed by atoms with Gasteiger partial charge in [0.15, 0.2) is 5.78 Å². The number of methoxy groups -OCH3 is 1. The maximum Gasteiger partial charge on any atom is 0.174 e. The zero-order valence-corrected chi connectivity index (χ0v) is 11.7. The molecule has 1 aromatic rings. The maximum absolute atomic E-state index is 12.6. The number of ether oxygens (including phenoxy) is 1. The predicted octanol–water partition coefficient (Wildman–Crippen LogP) is 2.84. The molecule has 0 spiro atoms. The third-order valence-corrected chi connectivity index (χ3v) is 3.76. The first-order valence-corrected chi connectivity index (χ1v) is 6.45. The van der Waals surface area contributed by atoms with Crippen molar-refractivity contribution in [3.63, 3.8) is 0 Å². The van der Waals surface area contributed by atoms with Gasteiger partial charge in [0.2, 0.25) is 0 Å². The quantitative estimate of drug-likeness (QED) is 0.834. The lowest BCUT2D eigenvalue weighted by atomic mass is 9.93. The van der Waals surface area contributed by atoms with Crippen LogP contribution in [0.2, 0.25) is 5.02 Å². The number of rotatable bonds is 5. The highest BCUT2D eigenvalue weighted by Gasteiger charge is 2.49. The SMILES string of the molecule is CNCC1(C(=O)c2cc(Cl)cc(C)c2OC)CC1. The van der Waals surface area contributed by atoms with Crippen LogP contribution in [-0.2, 0) is 0 Å². The van der Waals surface area contributed by atoms with Crippen LogP contribution >= 0.6 is 11.6 Å². The number of carbonyl (C=O) groups is 1. The minimum absolute atomic E-state index is 0.138. The van der Waals surface area contributed by atoms with Crippen molar-refractivity contribution in [2.24, 2.45) is 5.41 Å². The molecule has 1 aliphatic carbocycles. The first-order chi connectivity index (χ1) is 8.54. The van der Waals surface area contributed by atoms with Gasteiger partial charge in [0.25, 0.3) is 0 Å². The summed E-state index contributed by atoms with van der Waals surface area (Å²) in [6, 6.07) is 3.53. The first-order valence-electron chi connectivity index (χ1n) is 6.07. The molecule has 3 nitrogen and oxygen atoms in total. The minimum Gasteiger partial charge on any atom is -0.496 e. The van der Waals surface area contributed by atoms with E-state index < -0.39 is 0 Å². The van der Waals surface area contributed by atoms with E-state index in [4.69, 9.17) is 16.3 Å². The second kappa shape index (κ2) is 4.90. The maximum atomic E-state index is 12.6. The van der Waals surface area contributed by atoms with Crippen LogP contribution in [0.3, 0.4) is 0 Å². The third-order valence-electron chi connectivity index (χ3n) is 3.54. The molecule has 0 aromatic heterocycles. The van der Waals surface area contributed by atoms with E-state index in [9.17, 15) is 4.79 Å². The Morgan fingerprint density at radius 2 is 2.17 bits per heavy atom. The fourth-order valence-electron chi connectivity index (χ4n) is 2.43. The van der Waals surface area contributed by atoms with E-state index in [1.165, 1.54) is 0 Å². The molecule has 1 saturated carbocycles. The Bertz CT molecular complexity index is 481. The number of ketones is 1. The molecule has 1 aromatic carbocycles. The fraction of sp³-hybridized carbons (Fsp3) is 0.500. The monoisotopic (exact) mass is 267 g/mol. The minimum atomic E-state index is -0.251. The summed E-state index contributed by atoms with van der Waals surface area (Å²) in [7, 11) is 3.46. The third kappa shape index (κ3) is 2.25. The van der Waals surface area contributed by atoms with Gasteiger partial charge in [-0.15, -0.1) is 0 Å². The van der Waals surface area contributed by atoms with E-state index in [-0.39, 0.29) is 11.2 Å². The number of nitrogens with one attached hydrogen (secondary N) is 1. The lowest BCUT2D eigenvalue weighted by Gasteiger charge is -2.17. The predicted molar refractivity (Wildman–Crippen MR) is 72.7 cm³/mol. The summed E-state index contributed by atoms with van der Waals surface area (Å²) in [5.74, 6) is 0.783. The molecule has 1 aliphatic rings. The van der Waals surface area contributed by atoms with Crippen molar-refractivity contribution < 1.29 is 9.53 Å². The Morgan fingerprint density at radius 3 is 2.67 bits per heavy atom. The van der Waals surface area contributed by atoms with E-state index in [0.29, 0.717) is 22.9 Å². The Labute approximate surface area is 112 Å². The molecule has 0 aliphatic heterocycles. The molecule has 0 amide bonds. The van der Waals surface area contributed by atoms with E-state index in [1.54, 1.807) is 13.2 Å². The highest BCUT2D eigenvalue weighted by Crippen LogP contribution is 2.49. The molecule has 0 saturated heterocycles. The van der Waals surface area contributed by atoms with Crippen LogP contribution in [0, 0.1) is 12.3 Å². The molecule has 98 valence electrons. The van der Waals surface area contributed by atoms with Crippen LogP contribution in [0.5, 0.6) is 5.75 Å². The van der Waals surface area contributed by atoms with Crippen molar-refractivity contribution in [2.75, 3.05) is 20.7 Å². The second-order valence-electron chi connectivity index (χ2n) is 4.94. The van der Waals surface area contributed by atoms with Gasteiger partial charge >= 0.3 is 0 Å². The van der Waals surface area contributed by atoms with E-state index in [1.807, 2.05) is 20.0 Å². The molecular weight excluding hydrogens is 250 g/mol. The molecule has 0 unspecified atom stereocenters. The van der Waals surface area contributed by atoms with Crippen LogP contribution in [0.4, 0.5) is 0 Å². The van der Waals surface area contributed by atoms with E-state index in [0.717, 1.165) is 18.4 Å². The number of halogens is 1. The zero-order chi connectivity index (χ0) is 13.3. The van der Waals surface area contributed by atoms with Crippen LogP contribution in [-0.4, -0.2) is 26.5 Å². The molecule has 2 rings (SSSR count). The van der Waals surface area contributed by atoms with Crippen LogP contribution < -0.4 is 10.1 Å². The number of benzene rings is 1. The van der Waals surface area contributed by atoms with Gasteiger partial charge in [-0.05, 0) is 44.5 Å². The summed E-state index contributed by atoms with van der Waals surface area (Å²) < 4.78 is 5.35. The smallest absolute Gasteiger partial charge is 0.174 e. The highest BCUT2D eigenvalue weighted by molar-refractivity contribution is 6.31. The van der Waals surface area contributed by atoms with Gasteiger partial charge in [0.05, 0.1) is 12.7 Å². The first kappa shape index (κ1) is 13.4. The summed E-state index contributed by atoms with van der Waals surface area (Å²) in [6.07, 6.45) is 1.86. The lowest BCUT2D eigenvalue weighted by Crippen LogP contribution is -2.28.